The first-order chi connectivity index (χ1) is 19.6. The monoisotopic (exact) mass is 570 g/mol. The molecule has 0 bridgehead atoms. The van der Waals surface area contributed by atoms with Crippen molar-refractivity contribution < 1.29 is 13.2 Å². The lowest BCUT2D eigenvalue weighted by Gasteiger charge is -2.39. The Hall–Kier alpha value is -3.89. The van der Waals surface area contributed by atoms with Gasteiger partial charge in [-0.15, -0.1) is 0 Å². The number of amides is 1. The Kier molecular flexibility index (Phi) is 6.99. The van der Waals surface area contributed by atoms with Crippen molar-refractivity contribution >= 4 is 32.5 Å². The highest BCUT2D eigenvalue weighted by Crippen LogP contribution is 2.52. The van der Waals surface area contributed by atoms with Gasteiger partial charge < -0.3 is 15.5 Å². The molecule has 212 valence electrons. The van der Waals surface area contributed by atoms with E-state index in [0.717, 1.165) is 53.9 Å². The summed E-state index contributed by atoms with van der Waals surface area (Å²) in [7, 11) is -1.36. The Morgan fingerprint density at radius 1 is 1.07 bits per heavy atom. The second-order valence-corrected chi connectivity index (χ2v) is 13.3. The van der Waals surface area contributed by atoms with Gasteiger partial charge in [0, 0.05) is 47.9 Å². The molecule has 1 spiro atoms. The van der Waals surface area contributed by atoms with E-state index in [1.54, 1.807) is 25.3 Å². The number of hydrogen-bond acceptors (Lipinski definition) is 8. The number of benzene rings is 1. The largest absolute Gasteiger partial charge is 0.356 e. The number of nitrogens with zero attached hydrogens (tertiary/aromatic N) is 4. The first kappa shape index (κ1) is 27.3. The number of fused-ring (bicyclic) bond motifs is 1. The number of hydrogen-bond donors (Lipinski definition) is 2. The van der Waals surface area contributed by atoms with E-state index in [9.17, 15) is 13.2 Å². The third kappa shape index (κ3) is 5.54. The molecule has 10 heteroatoms. The predicted molar refractivity (Wildman–Crippen MR) is 160 cm³/mol. The highest BCUT2D eigenvalue weighted by molar-refractivity contribution is 7.90. The molecule has 1 amide bonds. The molecule has 3 aromatic heterocycles. The maximum atomic E-state index is 12.8. The number of nitrogens with one attached hydrogen (secondary N) is 2. The van der Waals surface area contributed by atoms with Crippen molar-refractivity contribution in [3.63, 3.8) is 0 Å². The van der Waals surface area contributed by atoms with Gasteiger partial charge in [0.15, 0.2) is 9.84 Å². The van der Waals surface area contributed by atoms with Gasteiger partial charge in [-0.25, -0.2) is 18.4 Å². The second kappa shape index (κ2) is 10.5. The van der Waals surface area contributed by atoms with Crippen LogP contribution in [0.5, 0.6) is 0 Å². The Morgan fingerprint density at radius 3 is 2.63 bits per heavy atom. The van der Waals surface area contributed by atoms with Gasteiger partial charge in [-0.3, -0.25) is 9.78 Å². The van der Waals surface area contributed by atoms with Crippen LogP contribution in [-0.2, 0) is 16.4 Å². The fraction of sp³-hybridized carbons (Fsp3) is 0.355. The molecule has 1 saturated carbocycles. The number of carbonyl (C=O) groups excluding carboxylic acids is 1. The predicted octanol–water partition coefficient (Wildman–Crippen LogP) is 3.91. The molecule has 0 radical (unpaired) electrons. The van der Waals surface area contributed by atoms with E-state index < -0.39 is 9.84 Å². The summed E-state index contributed by atoms with van der Waals surface area (Å²) in [6.07, 6.45) is 6.53. The summed E-state index contributed by atoms with van der Waals surface area (Å²) in [5.74, 6) is 0.616. The van der Waals surface area contributed by atoms with Gasteiger partial charge in [0.05, 0.1) is 34.0 Å². The summed E-state index contributed by atoms with van der Waals surface area (Å²) in [4.78, 5) is 29.7. The fourth-order valence-electron chi connectivity index (χ4n) is 5.93. The zero-order valence-corrected chi connectivity index (χ0v) is 24.3. The summed E-state index contributed by atoms with van der Waals surface area (Å²) in [6.45, 7) is 3.90. The van der Waals surface area contributed by atoms with Crippen molar-refractivity contribution in [2.24, 2.45) is 5.41 Å². The standard InChI is InChI=1S/C31H34N6O3S/c1-20-7-8-21(15-27(20)41(3,39)40)30(38)34-18-23-16-26-22(17-33-23)9-10-25(35-26)24-5-4-6-29(36-24)37-14-11-28(32-2)31(19-37)12-13-31/h4-10,15-17,28,32H,11-14,18-19H2,1-3H3,(H,34,38)/t28-/m1/s1. The molecule has 1 aliphatic heterocycles. The molecule has 1 aliphatic carbocycles. The van der Waals surface area contributed by atoms with Gasteiger partial charge in [-0.1, -0.05) is 12.1 Å². The molecule has 2 fully saturated rings. The van der Waals surface area contributed by atoms with Crippen LogP contribution in [-0.4, -0.2) is 61.7 Å². The average molecular weight is 571 g/mol. The lowest BCUT2D eigenvalue weighted by Crippen LogP contribution is -2.50. The van der Waals surface area contributed by atoms with E-state index in [2.05, 4.69) is 33.6 Å². The maximum Gasteiger partial charge on any atom is 0.251 e. The number of pyridine rings is 3. The van der Waals surface area contributed by atoms with Crippen LogP contribution in [0.2, 0.25) is 0 Å². The van der Waals surface area contributed by atoms with Gasteiger partial charge >= 0.3 is 0 Å². The van der Waals surface area contributed by atoms with E-state index in [1.807, 2.05) is 30.3 Å². The molecule has 2 N–H and O–H groups in total. The molecule has 9 nitrogen and oxygen atoms in total. The van der Waals surface area contributed by atoms with Gasteiger partial charge in [-0.2, -0.15) is 0 Å². The maximum absolute atomic E-state index is 12.8. The Morgan fingerprint density at radius 2 is 1.88 bits per heavy atom. The van der Waals surface area contributed by atoms with E-state index in [0.29, 0.717) is 22.7 Å². The van der Waals surface area contributed by atoms with Crippen LogP contribution in [0.4, 0.5) is 5.82 Å². The van der Waals surface area contributed by atoms with Crippen molar-refractivity contribution in [3.8, 4) is 11.4 Å². The topological polar surface area (TPSA) is 117 Å². The van der Waals surface area contributed by atoms with Crippen molar-refractivity contribution in [1.82, 2.24) is 25.6 Å². The van der Waals surface area contributed by atoms with Crippen LogP contribution in [0.1, 0.15) is 40.9 Å². The molecule has 4 aromatic rings. The van der Waals surface area contributed by atoms with Crippen LogP contribution in [0.15, 0.2) is 65.7 Å². The second-order valence-electron chi connectivity index (χ2n) is 11.3. The van der Waals surface area contributed by atoms with Crippen LogP contribution in [0.25, 0.3) is 22.3 Å². The quantitative estimate of drug-likeness (QED) is 0.344. The van der Waals surface area contributed by atoms with Gasteiger partial charge in [-0.05, 0) is 81.3 Å². The highest BCUT2D eigenvalue weighted by atomic mass is 32.2. The SMILES string of the molecule is CN[C@@H]1CCN(c2cccc(-c3ccc4cnc(CNC(=O)c5ccc(C)c(S(C)(=O)=O)c5)cc4n3)n2)CC12CC2. The summed E-state index contributed by atoms with van der Waals surface area (Å²) in [6, 6.07) is 17.2. The summed E-state index contributed by atoms with van der Waals surface area (Å²) in [5.41, 5.74) is 4.26. The minimum Gasteiger partial charge on any atom is -0.356 e. The number of sulfone groups is 1. The van der Waals surface area contributed by atoms with Crippen molar-refractivity contribution in [3.05, 3.63) is 77.6 Å². The van der Waals surface area contributed by atoms with E-state index >= 15 is 0 Å². The lowest BCUT2D eigenvalue weighted by molar-refractivity contribution is 0.0950. The third-order valence-corrected chi connectivity index (χ3v) is 9.64. The van der Waals surface area contributed by atoms with Crippen LogP contribution in [0.3, 0.4) is 0 Å². The minimum absolute atomic E-state index is 0.151. The molecule has 1 atom stereocenters. The van der Waals surface area contributed by atoms with E-state index in [1.165, 1.54) is 18.9 Å². The van der Waals surface area contributed by atoms with Crippen LogP contribution < -0.4 is 15.5 Å². The average Bonchev–Trinajstić information content (AvgIpc) is 3.74. The molecule has 1 saturated heterocycles. The number of anilines is 1. The number of rotatable bonds is 7. The Labute approximate surface area is 240 Å². The zero-order valence-electron chi connectivity index (χ0n) is 23.5. The normalized spacial score (nSPS) is 18.0. The van der Waals surface area contributed by atoms with Gasteiger partial charge in [0.2, 0.25) is 0 Å². The minimum atomic E-state index is -3.43. The highest BCUT2D eigenvalue weighted by Gasteiger charge is 2.52. The van der Waals surface area contributed by atoms with Gasteiger partial charge in [0.1, 0.15) is 5.82 Å². The van der Waals surface area contributed by atoms with Crippen molar-refractivity contribution in [2.75, 3.05) is 31.3 Å². The summed E-state index contributed by atoms with van der Waals surface area (Å²) < 4.78 is 24.1. The molecule has 6 rings (SSSR count). The molecular formula is C31H34N6O3S. The summed E-state index contributed by atoms with van der Waals surface area (Å²) >= 11 is 0. The molecule has 2 aliphatic rings. The smallest absolute Gasteiger partial charge is 0.251 e. The van der Waals surface area contributed by atoms with Crippen LogP contribution >= 0.6 is 0 Å². The number of aryl methyl sites for hydroxylation is 1. The van der Waals surface area contributed by atoms with Gasteiger partial charge in [0.25, 0.3) is 5.91 Å². The third-order valence-electron chi connectivity index (χ3n) is 8.40. The summed E-state index contributed by atoms with van der Waals surface area (Å²) in [5, 5.41) is 7.24. The molecule has 1 aromatic carbocycles. The first-order valence-corrected chi connectivity index (χ1v) is 15.8. The Bertz CT molecular complexity index is 1750. The van der Waals surface area contributed by atoms with E-state index in [4.69, 9.17) is 9.97 Å². The lowest BCUT2D eigenvalue weighted by atomic mass is 9.89. The number of aromatic nitrogens is 3. The fourth-order valence-corrected chi connectivity index (χ4v) is 6.92. The van der Waals surface area contributed by atoms with Crippen molar-refractivity contribution in [1.29, 1.82) is 0 Å². The zero-order chi connectivity index (χ0) is 28.8. The van der Waals surface area contributed by atoms with Crippen LogP contribution in [0, 0.1) is 12.3 Å². The number of piperidine rings is 1. The first-order valence-electron chi connectivity index (χ1n) is 13.9. The molecular weight excluding hydrogens is 536 g/mol. The van der Waals surface area contributed by atoms with Crippen molar-refractivity contribution in [2.45, 2.75) is 43.7 Å². The van der Waals surface area contributed by atoms with E-state index in [-0.39, 0.29) is 22.9 Å². The number of carbonyl (C=O) groups is 1. The molecule has 4 heterocycles. The molecule has 41 heavy (non-hydrogen) atoms. The molecule has 0 unspecified atom stereocenters. The Balaban J connectivity index is 1.19.